The van der Waals surface area contributed by atoms with E-state index < -0.39 is 0 Å². The molecule has 1 aliphatic heterocycles. The van der Waals surface area contributed by atoms with Gasteiger partial charge in [0.2, 0.25) is 0 Å². The predicted octanol–water partition coefficient (Wildman–Crippen LogP) is 2.71. The van der Waals surface area contributed by atoms with Crippen molar-refractivity contribution in [1.29, 1.82) is 0 Å². The molecule has 24 heavy (non-hydrogen) atoms. The summed E-state index contributed by atoms with van der Waals surface area (Å²) in [7, 11) is 2.11. The number of Topliss-reactive ketones (excluding diaryl/α,β-unsaturated/α-hetero) is 1. The molecule has 3 rings (SSSR count). The SMILES string of the molecule is CCc1[nH]nc(C(=O)Cc2ccc([C@H]3CN(C)CCO3)cc2)c1C. The second-order valence-electron chi connectivity index (χ2n) is 6.49. The molecule has 0 unspecified atom stereocenters. The van der Waals surface area contributed by atoms with Gasteiger partial charge >= 0.3 is 0 Å². The van der Waals surface area contributed by atoms with E-state index in [0.29, 0.717) is 12.1 Å². The van der Waals surface area contributed by atoms with Gasteiger partial charge in [-0.15, -0.1) is 0 Å². The quantitative estimate of drug-likeness (QED) is 0.858. The Labute approximate surface area is 143 Å². The minimum Gasteiger partial charge on any atom is -0.371 e. The van der Waals surface area contributed by atoms with Crippen LogP contribution in [0.15, 0.2) is 24.3 Å². The molecular weight excluding hydrogens is 302 g/mol. The van der Waals surface area contributed by atoms with Crippen LogP contribution in [0.1, 0.15) is 45.9 Å². The van der Waals surface area contributed by atoms with Crippen molar-refractivity contribution in [2.75, 3.05) is 26.7 Å². The molecule has 128 valence electrons. The Morgan fingerprint density at radius 3 is 2.75 bits per heavy atom. The van der Waals surface area contributed by atoms with E-state index >= 15 is 0 Å². The minimum absolute atomic E-state index is 0.0600. The number of aromatic nitrogens is 2. The van der Waals surface area contributed by atoms with E-state index in [1.807, 2.05) is 19.1 Å². The van der Waals surface area contributed by atoms with Crippen LogP contribution in [0.2, 0.25) is 0 Å². The third kappa shape index (κ3) is 3.57. The summed E-state index contributed by atoms with van der Waals surface area (Å²) in [4.78, 5) is 14.8. The number of aromatic amines is 1. The summed E-state index contributed by atoms with van der Waals surface area (Å²) in [6.07, 6.45) is 1.35. The average Bonchev–Trinajstić information content (AvgIpc) is 2.96. The molecule has 1 aliphatic rings. The maximum absolute atomic E-state index is 12.5. The first kappa shape index (κ1) is 16.9. The van der Waals surface area contributed by atoms with Crippen molar-refractivity contribution < 1.29 is 9.53 Å². The molecule has 1 saturated heterocycles. The summed E-state index contributed by atoms with van der Waals surface area (Å²) < 4.78 is 5.83. The van der Waals surface area contributed by atoms with Crippen LogP contribution in [0.4, 0.5) is 0 Å². The fourth-order valence-electron chi connectivity index (χ4n) is 3.15. The predicted molar refractivity (Wildman–Crippen MR) is 93.4 cm³/mol. The van der Waals surface area contributed by atoms with Gasteiger partial charge in [0.1, 0.15) is 5.69 Å². The van der Waals surface area contributed by atoms with Crippen LogP contribution < -0.4 is 0 Å². The highest BCUT2D eigenvalue weighted by Gasteiger charge is 2.20. The Morgan fingerprint density at radius 2 is 2.12 bits per heavy atom. The second-order valence-corrected chi connectivity index (χ2v) is 6.49. The summed E-state index contributed by atoms with van der Waals surface area (Å²) in [6, 6.07) is 8.18. The van der Waals surface area contributed by atoms with Crippen molar-refractivity contribution in [1.82, 2.24) is 15.1 Å². The Hall–Kier alpha value is -1.98. The molecule has 0 radical (unpaired) electrons. The number of H-pyrrole nitrogens is 1. The number of rotatable bonds is 5. The van der Waals surface area contributed by atoms with Gasteiger partial charge in [0.25, 0.3) is 0 Å². The lowest BCUT2D eigenvalue weighted by Gasteiger charge is -2.30. The van der Waals surface area contributed by atoms with Crippen molar-refractivity contribution in [2.24, 2.45) is 0 Å². The summed E-state index contributed by atoms with van der Waals surface area (Å²) >= 11 is 0. The normalized spacial score (nSPS) is 18.7. The first-order valence-electron chi connectivity index (χ1n) is 8.54. The third-order valence-corrected chi connectivity index (χ3v) is 4.71. The van der Waals surface area contributed by atoms with Gasteiger partial charge < -0.3 is 9.64 Å². The average molecular weight is 327 g/mol. The van der Waals surface area contributed by atoms with Crippen molar-refractivity contribution in [2.45, 2.75) is 32.8 Å². The standard InChI is InChI=1S/C19H25N3O2/c1-4-16-13(2)19(21-20-16)17(23)11-14-5-7-15(8-6-14)18-12-22(3)9-10-24-18/h5-8,18H,4,9-12H2,1-3H3,(H,20,21)/t18-/m1/s1. The summed E-state index contributed by atoms with van der Waals surface area (Å²) in [6.45, 7) is 6.66. The zero-order chi connectivity index (χ0) is 17.1. The highest BCUT2D eigenvalue weighted by atomic mass is 16.5. The van der Waals surface area contributed by atoms with Crippen molar-refractivity contribution in [3.63, 3.8) is 0 Å². The molecule has 2 heterocycles. The number of benzene rings is 1. The molecule has 5 nitrogen and oxygen atoms in total. The van der Waals surface area contributed by atoms with Gasteiger partial charge in [0, 0.05) is 30.8 Å². The largest absolute Gasteiger partial charge is 0.371 e. The number of carbonyl (C=O) groups is 1. The van der Waals surface area contributed by atoms with Crippen LogP contribution in [0.5, 0.6) is 0 Å². The molecular formula is C19H25N3O2. The molecule has 1 aromatic carbocycles. The summed E-state index contributed by atoms with van der Waals surface area (Å²) in [5, 5.41) is 7.14. The van der Waals surface area contributed by atoms with Gasteiger partial charge in [-0.3, -0.25) is 9.89 Å². The molecule has 0 amide bonds. The molecule has 0 bridgehead atoms. The monoisotopic (exact) mass is 327 g/mol. The van der Waals surface area contributed by atoms with Gasteiger partial charge in [-0.25, -0.2) is 0 Å². The lowest BCUT2D eigenvalue weighted by atomic mass is 10.0. The zero-order valence-corrected chi connectivity index (χ0v) is 14.6. The lowest BCUT2D eigenvalue weighted by molar-refractivity contribution is -0.0208. The van der Waals surface area contributed by atoms with Crippen molar-refractivity contribution >= 4 is 5.78 Å². The number of carbonyl (C=O) groups excluding carboxylic acids is 1. The van der Waals surface area contributed by atoms with Gasteiger partial charge in [-0.05, 0) is 31.5 Å². The second kappa shape index (κ2) is 7.28. The maximum atomic E-state index is 12.5. The van der Waals surface area contributed by atoms with E-state index in [2.05, 4.69) is 41.2 Å². The van der Waals surface area contributed by atoms with E-state index in [-0.39, 0.29) is 11.9 Å². The third-order valence-electron chi connectivity index (χ3n) is 4.71. The topological polar surface area (TPSA) is 58.2 Å². The number of likely N-dealkylation sites (N-methyl/N-ethyl adjacent to an activating group) is 1. The molecule has 1 atom stereocenters. The van der Waals surface area contributed by atoms with E-state index in [9.17, 15) is 4.79 Å². The zero-order valence-electron chi connectivity index (χ0n) is 14.6. The molecule has 1 fully saturated rings. The lowest BCUT2D eigenvalue weighted by Crippen LogP contribution is -2.35. The Morgan fingerprint density at radius 1 is 1.38 bits per heavy atom. The molecule has 1 aromatic heterocycles. The Kier molecular flexibility index (Phi) is 5.11. The van der Waals surface area contributed by atoms with Crippen LogP contribution in [0.3, 0.4) is 0 Å². The fourth-order valence-corrected chi connectivity index (χ4v) is 3.15. The number of ketones is 1. The number of hydrogen-bond donors (Lipinski definition) is 1. The number of nitrogens with one attached hydrogen (secondary N) is 1. The van der Waals surface area contributed by atoms with Crippen molar-refractivity contribution in [3.05, 3.63) is 52.3 Å². The smallest absolute Gasteiger partial charge is 0.187 e. The molecule has 5 heteroatoms. The summed E-state index contributed by atoms with van der Waals surface area (Å²) in [5.41, 5.74) is 4.74. The molecule has 0 spiro atoms. The highest BCUT2D eigenvalue weighted by molar-refractivity contribution is 5.97. The first-order valence-corrected chi connectivity index (χ1v) is 8.54. The van der Waals surface area contributed by atoms with Crippen LogP contribution in [0, 0.1) is 6.92 Å². The van der Waals surface area contributed by atoms with Crippen LogP contribution in [-0.4, -0.2) is 47.6 Å². The Bertz CT molecular complexity index is 706. The Balaban J connectivity index is 1.67. The number of morpholine rings is 1. The van der Waals surface area contributed by atoms with Crippen molar-refractivity contribution in [3.8, 4) is 0 Å². The van der Waals surface area contributed by atoms with E-state index in [0.717, 1.165) is 42.9 Å². The van der Waals surface area contributed by atoms with Gasteiger partial charge in [0.15, 0.2) is 5.78 Å². The first-order chi connectivity index (χ1) is 11.6. The number of hydrogen-bond acceptors (Lipinski definition) is 4. The van der Waals surface area contributed by atoms with Gasteiger partial charge in [0.05, 0.1) is 12.7 Å². The number of nitrogens with zero attached hydrogens (tertiary/aromatic N) is 2. The van der Waals surface area contributed by atoms with Crippen LogP contribution >= 0.6 is 0 Å². The highest BCUT2D eigenvalue weighted by Crippen LogP contribution is 2.22. The van der Waals surface area contributed by atoms with E-state index in [1.165, 1.54) is 5.56 Å². The molecule has 1 N–H and O–H groups in total. The summed E-state index contributed by atoms with van der Waals surface area (Å²) in [5.74, 6) is 0.0600. The van der Waals surface area contributed by atoms with E-state index in [1.54, 1.807) is 0 Å². The fraction of sp³-hybridized carbons (Fsp3) is 0.474. The minimum atomic E-state index is 0.0600. The maximum Gasteiger partial charge on any atom is 0.187 e. The number of aryl methyl sites for hydroxylation is 1. The molecule has 0 aliphatic carbocycles. The van der Waals surface area contributed by atoms with Gasteiger partial charge in [-0.2, -0.15) is 5.10 Å². The van der Waals surface area contributed by atoms with E-state index in [4.69, 9.17) is 4.74 Å². The van der Waals surface area contributed by atoms with Crippen LogP contribution in [-0.2, 0) is 17.6 Å². The van der Waals surface area contributed by atoms with Crippen LogP contribution in [0.25, 0.3) is 0 Å². The van der Waals surface area contributed by atoms with Gasteiger partial charge in [-0.1, -0.05) is 31.2 Å². The molecule has 2 aromatic rings. The number of ether oxygens (including phenoxy) is 1. The molecule has 0 saturated carbocycles.